The molecule has 6 heteroatoms. The second-order valence-corrected chi connectivity index (χ2v) is 5.22. The Bertz CT molecular complexity index is 404. The van der Waals surface area contributed by atoms with Gasteiger partial charge in [0.1, 0.15) is 0 Å². The Morgan fingerprint density at radius 2 is 1.88 bits per heavy atom. The molecule has 1 aromatic rings. The summed E-state index contributed by atoms with van der Waals surface area (Å²) >= 11 is 11.8. The topological polar surface area (TPSA) is 41.9 Å². The lowest BCUT2D eigenvalue weighted by Gasteiger charge is -2.23. The quantitative estimate of drug-likeness (QED) is 0.833. The summed E-state index contributed by atoms with van der Waals surface area (Å²) < 4.78 is 0. The van der Waals surface area contributed by atoms with Gasteiger partial charge in [0.15, 0.2) is 11.0 Å². The number of rotatable bonds is 4. The summed E-state index contributed by atoms with van der Waals surface area (Å²) in [4.78, 5) is 6.45. The lowest BCUT2D eigenvalue weighted by atomic mass is 10.3. The minimum atomic E-state index is 0.167. The zero-order valence-electron chi connectivity index (χ0n) is 8.74. The number of hydrogen-bond acceptors (Lipinski definition) is 4. The van der Waals surface area contributed by atoms with Gasteiger partial charge in [0.25, 0.3) is 0 Å². The van der Waals surface area contributed by atoms with Crippen LogP contribution in [-0.2, 0) is 0 Å². The Hall–Kier alpha value is -0.610. The molecule has 0 unspecified atom stereocenters. The predicted octanol–water partition coefficient (Wildman–Crippen LogP) is 2.56. The van der Waals surface area contributed by atoms with Gasteiger partial charge in [0, 0.05) is 12.6 Å². The fourth-order valence-electron chi connectivity index (χ4n) is 1.84. The molecule has 0 saturated heterocycles. The van der Waals surface area contributed by atoms with E-state index in [1.165, 1.54) is 25.7 Å². The number of nitrogens with zero attached hydrogens (tertiary/aromatic N) is 4. The highest BCUT2D eigenvalue weighted by molar-refractivity contribution is 6.32. The Morgan fingerprint density at radius 1 is 1.12 bits per heavy atom. The van der Waals surface area contributed by atoms with Crippen molar-refractivity contribution < 1.29 is 0 Å². The van der Waals surface area contributed by atoms with Crippen LogP contribution in [-0.4, -0.2) is 27.8 Å². The first-order valence-corrected chi connectivity index (χ1v) is 6.32. The average molecular weight is 259 g/mol. The zero-order chi connectivity index (χ0) is 11.1. The first-order chi connectivity index (χ1) is 7.74. The monoisotopic (exact) mass is 258 g/mol. The first kappa shape index (κ1) is 10.5. The van der Waals surface area contributed by atoms with E-state index in [0.717, 1.165) is 12.5 Å². The van der Waals surface area contributed by atoms with E-state index in [1.54, 1.807) is 0 Å². The van der Waals surface area contributed by atoms with Gasteiger partial charge in [-0.05, 0) is 43.2 Å². The first-order valence-electron chi connectivity index (χ1n) is 5.56. The molecule has 0 spiro atoms. The van der Waals surface area contributed by atoms with E-state index < -0.39 is 0 Å². The zero-order valence-corrected chi connectivity index (χ0v) is 10.2. The predicted molar refractivity (Wildman–Crippen MR) is 62.9 cm³/mol. The van der Waals surface area contributed by atoms with Crippen LogP contribution in [0.2, 0.25) is 10.4 Å². The third kappa shape index (κ3) is 2.23. The van der Waals surface area contributed by atoms with E-state index in [0.29, 0.717) is 17.0 Å². The lowest BCUT2D eigenvalue weighted by Crippen LogP contribution is -2.29. The summed E-state index contributed by atoms with van der Waals surface area (Å²) in [6, 6.07) is 0.575. The van der Waals surface area contributed by atoms with Gasteiger partial charge < -0.3 is 4.90 Å². The number of hydrogen-bond donors (Lipinski definition) is 0. The van der Waals surface area contributed by atoms with Crippen molar-refractivity contribution in [2.75, 3.05) is 11.4 Å². The van der Waals surface area contributed by atoms with Crippen LogP contribution in [0.4, 0.5) is 5.82 Å². The fourth-order valence-corrected chi connectivity index (χ4v) is 2.15. The van der Waals surface area contributed by atoms with Crippen molar-refractivity contribution in [2.24, 2.45) is 5.92 Å². The van der Waals surface area contributed by atoms with Crippen LogP contribution in [0, 0.1) is 5.92 Å². The van der Waals surface area contributed by atoms with Gasteiger partial charge in [-0.1, -0.05) is 11.6 Å². The normalized spacial score (nSPS) is 19.9. The Balaban J connectivity index is 1.87. The number of aromatic nitrogens is 3. The lowest BCUT2D eigenvalue weighted by molar-refractivity contribution is 0.703. The molecule has 2 saturated carbocycles. The summed E-state index contributed by atoms with van der Waals surface area (Å²) in [5, 5.41) is 7.98. The number of halogens is 2. The van der Waals surface area contributed by atoms with Gasteiger partial charge in [-0.3, -0.25) is 0 Å². The maximum absolute atomic E-state index is 6.03. The molecule has 0 amide bonds. The van der Waals surface area contributed by atoms with Gasteiger partial charge in [-0.2, -0.15) is 4.98 Å². The van der Waals surface area contributed by atoms with E-state index in [2.05, 4.69) is 20.1 Å². The van der Waals surface area contributed by atoms with Crippen LogP contribution in [0.5, 0.6) is 0 Å². The maximum Gasteiger partial charge on any atom is 0.245 e. The minimum Gasteiger partial charge on any atom is -0.351 e. The summed E-state index contributed by atoms with van der Waals surface area (Å²) in [6.45, 7) is 1.03. The average Bonchev–Trinajstić information content (AvgIpc) is 3.12. The molecule has 0 radical (unpaired) electrons. The van der Waals surface area contributed by atoms with E-state index >= 15 is 0 Å². The summed E-state index contributed by atoms with van der Waals surface area (Å²) in [7, 11) is 0. The largest absolute Gasteiger partial charge is 0.351 e. The molecule has 1 heterocycles. The molecule has 2 aliphatic rings. The molecule has 0 bridgehead atoms. The van der Waals surface area contributed by atoms with Gasteiger partial charge in [0.05, 0.1) is 0 Å². The summed E-state index contributed by atoms with van der Waals surface area (Å²) in [5.41, 5.74) is 0. The molecular formula is C10H12Cl2N4. The molecule has 86 valence electrons. The molecule has 0 atom stereocenters. The van der Waals surface area contributed by atoms with Gasteiger partial charge >= 0.3 is 0 Å². The molecule has 16 heavy (non-hydrogen) atoms. The van der Waals surface area contributed by atoms with Crippen LogP contribution in [0.15, 0.2) is 0 Å². The molecule has 0 aromatic carbocycles. The maximum atomic E-state index is 6.03. The molecule has 0 aliphatic heterocycles. The molecule has 4 nitrogen and oxygen atoms in total. The fraction of sp³-hybridized carbons (Fsp3) is 0.700. The molecule has 3 rings (SSSR count). The second kappa shape index (κ2) is 4.00. The summed E-state index contributed by atoms with van der Waals surface area (Å²) in [5.74, 6) is 1.50. The molecular weight excluding hydrogens is 247 g/mol. The standard InChI is InChI=1S/C10H12Cl2N4/c11-8-9(13-10(12)15-14-8)16(7-3-4-7)5-6-1-2-6/h6-7H,1-5H2. The van der Waals surface area contributed by atoms with Gasteiger partial charge in [-0.15, -0.1) is 10.2 Å². The van der Waals surface area contributed by atoms with Gasteiger partial charge in [0.2, 0.25) is 5.28 Å². The van der Waals surface area contributed by atoms with Crippen LogP contribution in [0.3, 0.4) is 0 Å². The van der Waals surface area contributed by atoms with Crippen molar-refractivity contribution in [3.8, 4) is 0 Å². The Morgan fingerprint density at radius 3 is 2.50 bits per heavy atom. The minimum absolute atomic E-state index is 0.167. The van der Waals surface area contributed by atoms with Crippen molar-refractivity contribution in [1.29, 1.82) is 0 Å². The van der Waals surface area contributed by atoms with Crippen molar-refractivity contribution in [1.82, 2.24) is 15.2 Å². The third-order valence-electron chi connectivity index (χ3n) is 3.01. The van der Waals surface area contributed by atoms with Crippen molar-refractivity contribution in [3.05, 3.63) is 10.4 Å². The van der Waals surface area contributed by atoms with E-state index in [1.807, 2.05) is 0 Å². The molecule has 2 aliphatic carbocycles. The smallest absolute Gasteiger partial charge is 0.245 e. The third-order valence-corrected chi connectivity index (χ3v) is 3.42. The number of anilines is 1. The van der Waals surface area contributed by atoms with E-state index in [4.69, 9.17) is 23.2 Å². The molecule has 2 fully saturated rings. The SMILES string of the molecule is Clc1nnc(Cl)c(N(CC2CC2)C2CC2)n1. The van der Waals surface area contributed by atoms with E-state index in [-0.39, 0.29) is 5.28 Å². The van der Waals surface area contributed by atoms with Crippen LogP contribution in [0.1, 0.15) is 25.7 Å². The van der Waals surface area contributed by atoms with Crippen LogP contribution < -0.4 is 4.90 Å². The molecule has 0 N–H and O–H groups in total. The van der Waals surface area contributed by atoms with Crippen molar-refractivity contribution in [3.63, 3.8) is 0 Å². The highest BCUT2D eigenvalue weighted by atomic mass is 35.5. The van der Waals surface area contributed by atoms with Crippen LogP contribution >= 0.6 is 23.2 Å². The van der Waals surface area contributed by atoms with Crippen molar-refractivity contribution in [2.45, 2.75) is 31.7 Å². The molecule has 1 aromatic heterocycles. The highest BCUT2D eigenvalue weighted by Crippen LogP contribution is 2.38. The van der Waals surface area contributed by atoms with E-state index in [9.17, 15) is 0 Å². The summed E-state index contributed by atoms with van der Waals surface area (Å²) in [6.07, 6.45) is 5.05. The van der Waals surface area contributed by atoms with Gasteiger partial charge in [-0.25, -0.2) is 0 Å². The second-order valence-electron chi connectivity index (χ2n) is 4.52. The van der Waals surface area contributed by atoms with Crippen molar-refractivity contribution >= 4 is 29.0 Å². The Labute approximate surface area is 104 Å². The highest BCUT2D eigenvalue weighted by Gasteiger charge is 2.35. The Kier molecular flexibility index (Phi) is 2.64. The van der Waals surface area contributed by atoms with Crippen LogP contribution in [0.25, 0.3) is 0 Å².